The van der Waals surface area contributed by atoms with E-state index in [-0.39, 0.29) is 18.1 Å². The number of carbonyl (C=O) groups excluding carboxylic acids is 1. The first-order chi connectivity index (χ1) is 6.79. The lowest BCUT2D eigenvalue weighted by atomic mass is 10.0. The van der Waals surface area contributed by atoms with Crippen LogP contribution in [0.5, 0.6) is 0 Å². The van der Waals surface area contributed by atoms with Crippen molar-refractivity contribution >= 4 is 6.09 Å². The van der Waals surface area contributed by atoms with Crippen molar-refractivity contribution in [3.63, 3.8) is 0 Å². The first kappa shape index (κ1) is 12.3. The molecule has 0 aromatic rings. The molecule has 0 saturated carbocycles. The largest absolute Gasteiger partial charge is 0.444 e. The van der Waals surface area contributed by atoms with Crippen molar-refractivity contribution in [2.24, 2.45) is 5.92 Å². The highest BCUT2D eigenvalue weighted by Crippen LogP contribution is 2.21. The molecule has 4 heteroatoms. The van der Waals surface area contributed by atoms with Gasteiger partial charge in [0.1, 0.15) is 5.60 Å². The predicted octanol–water partition coefficient (Wildman–Crippen LogP) is 1.62. The summed E-state index contributed by atoms with van der Waals surface area (Å²) in [5, 5.41) is 9.41. The molecular formula is C11H21NO3. The van der Waals surface area contributed by atoms with Gasteiger partial charge in [0.05, 0.1) is 6.10 Å². The Kier molecular flexibility index (Phi) is 3.60. The molecule has 0 radical (unpaired) electrons. The standard InChI is InChI=1S/C11H21NO3/c1-8(13)9-5-6-12(7-9)10(14)15-11(2,3)4/h8-9,13H,5-7H2,1-4H3/t8-,9-/m1/s1. The molecule has 15 heavy (non-hydrogen) atoms. The predicted molar refractivity (Wildman–Crippen MR) is 57.6 cm³/mol. The number of ether oxygens (including phenoxy) is 1. The van der Waals surface area contributed by atoms with E-state index in [0.717, 1.165) is 6.42 Å². The van der Waals surface area contributed by atoms with E-state index < -0.39 is 5.60 Å². The summed E-state index contributed by atoms with van der Waals surface area (Å²) < 4.78 is 5.26. The van der Waals surface area contributed by atoms with Crippen molar-refractivity contribution < 1.29 is 14.6 Å². The van der Waals surface area contributed by atoms with Gasteiger partial charge in [0.2, 0.25) is 0 Å². The summed E-state index contributed by atoms with van der Waals surface area (Å²) in [5.41, 5.74) is -0.444. The molecule has 4 nitrogen and oxygen atoms in total. The molecule has 0 aliphatic carbocycles. The molecule has 1 saturated heterocycles. The monoisotopic (exact) mass is 215 g/mol. The maximum atomic E-state index is 11.7. The third-order valence-corrected chi connectivity index (χ3v) is 2.56. The minimum absolute atomic E-state index is 0.192. The number of hydrogen-bond donors (Lipinski definition) is 1. The normalized spacial score (nSPS) is 24.1. The lowest BCUT2D eigenvalue weighted by Crippen LogP contribution is -2.36. The van der Waals surface area contributed by atoms with E-state index in [1.54, 1.807) is 11.8 Å². The molecular weight excluding hydrogens is 194 g/mol. The third kappa shape index (κ3) is 3.70. The Balaban J connectivity index is 2.44. The summed E-state index contributed by atoms with van der Waals surface area (Å²) in [6.45, 7) is 8.62. The molecule has 0 aromatic carbocycles. The summed E-state index contributed by atoms with van der Waals surface area (Å²) in [7, 11) is 0. The van der Waals surface area contributed by atoms with Crippen LogP contribution in [-0.4, -0.2) is 40.9 Å². The van der Waals surface area contributed by atoms with E-state index in [9.17, 15) is 9.90 Å². The Hall–Kier alpha value is -0.770. The number of rotatable bonds is 1. The van der Waals surface area contributed by atoms with E-state index in [1.165, 1.54) is 0 Å². The zero-order chi connectivity index (χ0) is 11.6. The van der Waals surface area contributed by atoms with Gasteiger partial charge in [0.15, 0.2) is 0 Å². The van der Waals surface area contributed by atoms with Gasteiger partial charge < -0.3 is 14.7 Å². The molecule has 1 fully saturated rings. The van der Waals surface area contributed by atoms with E-state index in [1.807, 2.05) is 20.8 Å². The average molecular weight is 215 g/mol. The Bertz CT molecular complexity index is 232. The number of aliphatic hydroxyl groups excluding tert-OH is 1. The number of likely N-dealkylation sites (tertiary alicyclic amines) is 1. The summed E-state index contributed by atoms with van der Waals surface area (Å²) in [6, 6.07) is 0. The number of amides is 1. The zero-order valence-electron chi connectivity index (χ0n) is 9.99. The zero-order valence-corrected chi connectivity index (χ0v) is 9.99. The number of aliphatic hydroxyl groups is 1. The molecule has 1 N–H and O–H groups in total. The van der Waals surface area contributed by atoms with Gasteiger partial charge in [-0.2, -0.15) is 0 Å². The van der Waals surface area contributed by atoms with Crippen LogP contribution in [0.3, 0.4) is 0 Å². The van der Waals surface area contributed by atoms with E-state index in [0.29, 0.717) is 13.1 Å². The van der Waals surface area contributed by atoms with E-state index in [2.05, 4.69) is 0 Å². The number of hydrogen-bond acceptors (Lipinski definition) is 3. The maximum Gasteiger partial charge on any atom is 0.410 e. The molecule has 1 amide bonds. The molecule has 88 valence electrons. The molecule has 1 heterocycles. The first-order valence-electron chi connectivity index (χ1n) is 5.45. The van der Waals surface area contributed by atoms with E-state index >= 15 is 0 Å². The van der Waals surface area contributed by atoms with Crippen LogP contribution in [0.4, 0.5) is 4.79 Å². The fraction of sp³-hybridized carbons (Fsp3) is 0.909. The van der Waals surface area contributed by atoms with Crippen molar-refractivity contribution in [1.82, 2.24) is 4.90 Å². The smallest absolute Gasteiger partial charge is 0.410 e. The van der Waals surface area contributed by atoms with E-state index in [4.69, 9.17) is 4.74 Å². The van der Waals surface area contributed by atoms with Gasteiger partial charge in [-0.3, -0.25) is 0 Å². The lowest BCUT2D eigenvalue weighted by molar-refractivity contribution is 0.0273. The quantitative estimate of drug-likeness (QED) is 0.723. The summed E-state index contributed by atoms with van der Waals surface area (Å²) in [5.74, 6) is 0.192. The van der Waals surface area contributed by atoms with Gasteiger partial charge in [-0.05, 0) is 34.1 Å². The molecule has 1 aliphatic heterocycles. The fourth-order valence-corrected chi connectivity index (χ4v) is 1.67. The highest BCUT2D eigenvalue weighted by Gasteiger charge is 2.31. The number of carbonyl (C=O) groups is 1. The highest BCUT2D eigenvalue weighted by molar-refractivity contribution is 5.68. The lowest BCUT2D eigenvalue weighted by Gasteiger charge is -2.24. The maximum absolute atomic E-state index is 11.7. The van der Waals surface area contributed by atoms with Crippen molar-refractivity contribution in [3.05, 3.63) is 0 Å². The average Bonchev–Trinajstić information content (AvgIpc) is 2.47. The minimum atomic E-state index is -0.444. The van der Waals surface area contributed by atoms with Gasteiger partial charge >= 0.3 is 6.09 Å². The first-order valence-corrected chi connectivity index (χ1v) is 5.45. The second-order valence-corrected chi connectivity index (χ2v) is 5.22. The van der Waals surface area contributed by atoms with Crippen molar-refractivity contribution in [1.29, 1.82) is 0 Å². The SMILES string of the molecule is C[C@@H](O)[C@@H]1CCN(C(=O)OC(C)(C)C)C1. The van der Waals surface area contributed by atoms with Gasteiger partial charge in [-0.25, -0.2) is 4.79 Å². The van der Waals surface area contributed by atoms with Gasteiger partial charge in [0.25, 0.3) is 0 Å². The van der Waals surface area contributed by atoms with Gasteiger partial charge in [-0.15, -0.1) is 0 Å². The molecule has 0 bridgehead atoms. The Morgan fingerprint density at radius 3 is 2.53 bits per heavy atom. The van der Waals surface area contributed by atoms with Gasteiger partial charge in [0, 0.05) is 19.0 Å². The molecule has 0 spiro atoms. The Morgan fingerprint density at radius 1 is 1.53 bits per heavy atom. The fourth-order valence-electron chi connectivity index (χ4n) is 1.67. The molecule has 2 atom stereocenters. The van der Waals surface area contributed by atoms with Crippen LogP contribution < -0.4 is 0 Å². The van der Waals surface area contributed by atoms with Crippen LogP contribution in [0.15, 0.2) is 0 Å². The Labute approximate surface area is 91.2 Å². The molecule has 0 unspecified atom stereocenters. The van der Waals surface area contributed by atoms with Gasteiger partial charge in [-0.1, -0.05) is 0 Å². The summed E-state index contributed by atoms with van der Waals surface area (Å²) in [6.07, 6.45) is 0.236. The second-order valence-electron chi connectivity index (χ2n) is 5.22. The molecule has 1 rings (SSSR count). The van der Waals surface area contributed by atoms with Crippen LogP contribution in [0.1, 0.15) is 34.1 Å². The number of nitrogens with zero attached hydrogens (tertiary/aromatic N) is 1. The van der Waals surface area contributed by atoms with Crippen LogP contribution in [0.2, 0.25) is 0 Å². The highest BCUT2D eigenvalue weighted by atomic mass is 16.6. The summed E-state index contributed by atoms with van der Waals surface area (Å²) in [4.78, 5) is 13.3. The molecule has 1 aliphatic rings. The minimum Gasteiger partial charge on any atom is -0.444 e. The Morgan fingerprint density at radius 2 is 2.13 bits per heavy atom. The van der Waals surface area contributed by atoms with Crippen molar-refractivity contribution in [2.75, 3.05) is 13.1 Å². The van der Waals surface area contributed by atoms with Crippen LogP contribution >= 0.6 is 0 Å². The molecule has 0 aromatic heterocycles. The van der Waals surface area contributed by atoms with Crippen LogP contribution in [-0.2, 0) is 4.74 Å². The third-order valence-electron chi connectivity index (χ3n) is 2.56. The van der Waals surface area contributed by atoms with Crippen LogP contribution in [0, 0.1) is 5.92 Å². The topological polar surface area (TPSA) is 49.8 Å². The second kappa shape index (κ2) is 4.39. The van der Waals surface area contributed by atoms with Crippen molar-refractivity contribution in [2.45, 2.75) is 45.8 Å². The summed E-state index contributed by atoms with van der Waals surface area (Å²) >= 11 is 0. The van der Waals surface area contributed by atoms with Crippen LogP contribution in [0.25, 0.3) is 0 Å². The van der Waals surface area contributed by atoms with Crippen molar-refractivity contribution in [3.8, 4) is 0 Å².